The summed E-state index contributed by atoms with van der Waals surface area (Å²) >= 11 is 0. The van der Waals surface area contributed by atoms with Crippen LogP contribution in [0.4, 0.5) is 0 Å². The fourth-order valence-electron chi connectivity index (χ4n) is 1.85. The minimum absolute atomic E-state index is 0.217. The Balaban J connectivity index is 2.23. The topological polar surface area (TPSA) is 26.3 Å². The first-order valence-corrected chi connectivity index (χ1v) is 7.14. The lowest BCUT2D eigenvalue weighted by Crippen LogP contribution is -2.03. The molecule has 2 heteroatoms. The molecular formula is C18H24O2. The van der Waals surface area contributed by atoms with Crippen molar-refractivity contribution in [3.8, 4) is 0 Å². The van der Waals surface area contributed by atoms with Crippen molar-refractivity contribution >= 4 is 5.97 Å². The van der Waals surface area contributed by atoms with Crippen LogP contribution in [-0.2, 0) is 16.0 Å². The largest absolute Gasteiger partial charge is 0.435 e. The van der Waals surface area contributed by atoms with Gasteiger partial charge in [-0.2, -0.15) is 0 Å². The highest BCUT2D eigenvalue weighted by Crippen LogP contribution is 2.15. The lowest BCUT2D eigenvalue weighted by Gasteiger charge is -2.09. The van der Waals surface area contributed by atoms with Crippen molar-refractivity contribution < 1.29 is 9.53 Å². The summed E-state index contributed by atoms with van der Waals surface area (Å²) in [6.45, 7) is 6.42. The third-order valence-corrected chi connectivity index (χ3v) is 3.49. The van der Waals surface area contributed by atoms with Crippen molar-refractivity contribution in [1.82, 2.24) is 0 Å². The van der Waals surface area contributed by atoms with Crippen molar-refractivity contribution in [2.75, 3.05) is 0 Å². The fraction of sp³-hybridized carbons (Fsp3) is 0.389. The molecule has 0 N–H and O–H groups in total. The molecule has 1 unspecified atom stereocenters. The zero-order chi connectivity index (χ0) is 14.8. The summed E-state index contributed by atoms with van der Waals surface area (Å²) < 4.78 is 5.08. The Hall–Kier alpha value is -1.83. The maximum Gasteiger partial charge on any atom is 0.315 e. The third kappa shape index (κ3) is 6.37. The average Bonchev–Trinajstić information content (AvgIpc) is 2.46. The van der Waals surface area contributed by atoms with Gasteiger partial charge in [-0.3, -0.25) is 4.79 Å². The second kappa shape index (κ2) is 9.13. The predicted molar refractivity (Wildman–Crippen MR) is 83.2 cm³/mol. The maximum atomic E-state index is 11.6. The molecule has 0 saturated heterocycles. The highest BCUT2D eigenvalue weighted by Gasteiger charge is 2.03. The number of hydrogen-bond donors (Lipinski definition) is 0. The molecule has 0 aliphatic carbocycles. The molecule has 1 aromatic carbocycles. The van der Waals surface area contributed by atoms with Gasteiger partial charge in [-0.25, -0.2) is 0 Å². The van der Waals surface area contributed by atoms with Gasteiger partial charge in [-0.15, -0.1) is 0 Å². The SMILES string of the molecule is C/C=C(\C)C(C)CC/C=C/OC(=O)Cc1ccccc1. The molecule has 0 amide bonds. The standard InChI is InChI=1S/C18H24O2/c1-4-15(2)16(3)10-8-9-13-20-18(19)14-17-11-6-5-7-12-17/h4-7,9,11-13,16H,8,10,14H2,1-3H3/b13-9+,15-4+. The molecule has 0 saturated carbocycles. The molecule has 0 aliphatic heterocycles. The summed E-state index contributed by atoms with van der Waals surface area (Å²) in [7, 11) is 0. The minimum atomic E-state index is -0.217. The van der Waals surface area contributed by atoms with Gasteiger partial charge in [0.25, 0.3) is 0 Å². The van der Waals surface area contributed by atoms with E-state index >= 15 is 0 Å². The van der Waals surface area contributed by atoms with Crippen molar-refractivity contribution in [1.29, 1.82) is 0 Å². The van der Waals surface area contributed by atoms with Gasteiger partial charge in [0.1, 0.15) is 0 Å². The normalized spacial score (nSPS) is 13.4. The molecule has 1 aromatic rings. The molecule has 108 valence electrons. The van der Waals surface area contributed by atoms with Crippen molar-refractivity contribution in [3.63, 3.8) is 0 Å². The molecule has 0 aromatic heterocycles. The van der Waals surface area contributed by atoms with Crippen LogP contribution in [0.1, 0.15) is 39.2 Å². The summed E-state index contributed by atoms with van der Waals surface area (Å²) in [6.07, 6.45) is 7.90. The maximum absolute atomic E-state index is 11.6. The van der Waals surface area contributed by atoms with Crippen LogP contribution in [0.3, 0.4) is 0 Å². The molecule has 0 radical (unpaired) electrons. The number of carbonyl (C=O) groups excluding carboxylic acids is 1. The number of benzene rings is 1. The monoisotopic (exact) mass is 272 g/mol. The van der Waals surface area contributed by atoms with Crippen molar-refractivity contribution in [2.24, 2.45) is 5.92 Å². The quantitative estimate of drug-likeness (QED) is 0.409. The Bertz CT molecular complexity index is 458. The van der Waals surface area contributed by atoms with Crippen LogP contribution in [0.25, 0.3) is 0 Å². The highest BCUT2D eigenvalue weighted by molar-refractivity contribution is 5.73. The van der Waals surface area contributed by atoms with Gasteiger partial charge in [0.05, 0.1) is 12.7 Å². The number of ether oxygens (including phenoxy) is 1. The van der Waals surface area contributed by atoms with E-state index in [4.69, 9.17) is 4.74 Å². The van der Waals surface area contributed by atoms with E-state index < -0.39 is 0 Å². The first kappa shape index (κ1) is 16.2. The number of allylic oxidation sites excluding steroid dienone is 3. The van der Waals surface area contributed by atoms with E-state index in [9.17, 15) is 4.79 Å². The smallest absolute Gasteiger partial charge is 0.315 e. The van der Waals surface area contributed by atoms with E-state index in [1.165, 1.54) is 11.8 Å². The minimum Gasteiger partial charge on any atom is -0.435 e. The molecule has 1 rings (SSSR count). The van der Waals surface area contributed by atoms with Crippen LogP contribution in [-0.4, -0.2) is 5.97 Å². The Kier molecular flexibility index (Phi) is 7.41. The molecule has 20 heavy (non-hydrogen) atoms. The summed E-state index contributed by atoms with van der Waals surface area (Å²) in [6, 6.07) is 9.62. The molecule has 0 spiro atoms. The van der Waals surface area contributed by atoms with Crippen LogP contribution in [0.15, 0.2) is 54.3 Å². The molecule has 2 nitrogen and oxygen atoms in total. The van der Waals surface area contributed by atoms with Gasteiger partial charge >= 0.3 is 5.97 Å². The first-order valence-electron chi connectivity index (χ1n) is 7.14. The van der Waals surface area contributed by atoms with Gasteiger partial charge in [-0.1, -0.05) is 48.9 Å². The summed E-state index contributed by atoms with van der Waals surface area (Å²) in [4.78, 5) is 11.6. The van der Waals surface area contributed by atoms with Crippen LogP contribution in [0, 0.1) is 5.92 Å². The number of hydrogen-bond acceptors (Lipinski definition) is 2. The fourth-order valence-corrected chi connectivity index (χ4v) is 1.85. The lowest BCUT2D eigenvalue weighted by atomic mass is 9.97. The van der Waals surface area contributed by atoms with Crippen LogP contribution in [0.2, 0.25) is 0 Å². The predicted octanol–water partition coefficient (Wildman–Crippen LogP) is 4.67. The molecule has 0 aliphatic rings. The summed E-state index contributed by atoms with van der Waals surface area (Å²) in [5.41, 5.74) is 2.38. The van der Waals surface area contributed by atoms with E-state index in [2.05, 4.69) is 26.8 Å². The van der Waals surface area contributed by atoms with E-state index in [1.807, 2.05) is 36.4 Å². The van der Waals surface area contributed by atoms with E-state index in [0.29, 0.717) is 12.3 Å². The van der Waals surface area contributed by atoms with Crippen LogP contribution >= 0.6 is 0 Å². The average molecular weight is 272 g/mol. The van der Waals surface area contributed by atoms with E-state index in [1.54, 1.807) is 0 Å². The Labute approximate surface area is 122 Å². The molecule has 1 atom stereocenters. The van der Waals surface area contributed by atoms with E-state index in [0.717, 1.165) is 18.4 Å². The van der Waals surface area contributed by atoms with Crippen molar-refractivity contribution in [2.45, 2.75) is 40.0 Å². The summed E-state index contributed by atoms with van der Waals surface area (Å²) in [5.74, 6) is 0.356. The highest BCUT2D eigenvalue weighted by atomic mass is 16.5. The Morgan fingerprint density at radius 1 is 1.30 bits per heavy atom. The van der Waals surface area contributed by atoms with Crippen LogP contribution < -0.4 is 0 Å². The molecular weight excluding hydrogens is 248 g/mol. The number of carbonyl (C=O) groups is 1. The summed E-state index contributed by atoms with van der Waals surface area (Å²) in [5, 5.41) is 0. The zero-order valence-electron chi connectivity index (χ0n) is 12.6. The Morgan fingerprint density at radius 2 is 2.00 bits per heavy atom. The second-order valence-electron chi connectivity index (χ2n) is 5.04. The number of rotatable bonds is 7. The van der Waals surface area contributed by atoms with Crippen molar-refractivity contribution in [3.05, 3.63) is 59.9 Å². The first-order chi connectivity index (χ1) is 9.63. The van der Waals surface area contributed by atoms with E-state index in [-0.39, 0.29) is 5.97 Å². The molecule has 0 bridgehead atoms. The van der Waals surface area contributed by atoms with Gasteiger partial charge in [-0.05, 0) is 44.2 Å². The van der Waals surface area contributed by atoms with Gasteiger partial charge in [0.15, 0.2) is 0 Å². The number of esters is 1. The zero-order valence-corrected chi connectivity index (χ0v) is 12.6. The Morgan fingerprint density at radius 3 is 2.65 bits per heavy atom. The van der Waals surface area contributed by atoms with Gasteiger partial charge in [0, 0.05) is 0 Å². The third-order valence-electron chi connectivity index (χ3n) is 3.49. The van der Waals surface area contributed by atoms with Gasteiger partial charge in [0.2, 0.25) is 0 Å². The second-order valence-corrected chi connectivity index (χ2v) is 5.04. The molecule has 0 heterocycles. The van der Waals surface area contributed by atoms with Gasteiger partial charge < -0.3 is 4.74 Å². The molecule has 0 fully saturated rings. The lowest BCUT2D eigenvalue weighted by molar-refractivity contribution is -0.137. The van der Waals surface area contributed by atoms with Crippen LogP contribution in [0.5, 0.6) is 0 Å².